The maximum Gasteiger partial charge on any atom is 0.307 e. The number of amides is 1. The summed E-state index contributed by atoms with van der Waals surface area (Å²) in [7, 11) is 0. The topological polar surface area (TPSA) is 80.6 Å². The van der Waals surface area contributed by atoms with Crippen molar-refractivity contribution in [2.24, 2.45) is 0 Å². The van der Waals surface area contributed by atoms with E-state index in [1.165, 1.54) is 0 Å². The smallest absolute Gasteiger partial charge is 0.307 e. The van der Waals surface area contributed by atoms with Gasteiger partial charge in [0, 0.05) is 29.2 Å². The van der Waals surface area contributed by atoms with Gasteiger partial charge in [0.1, 0.15) is 5.75 Å². The van der Waals surface area contributed by atoms with E-state index in [0.29, 0.717) is 28.0 Å². The molecular weight excluding hydrogens is 463 g/mol. The number of benzene rings is 3. The number of hydrogen-bond donors (Lipinski definition) is 2. The van der Waals surface area contributed by atoms with E-state index in [4.69, 9.17) is 27.9 Å². The first-order chi connectivity index (χ1) is 15.9. The summed E-state index contributed by atoms with van der Waals surface area (Å²) in [6.45, 7) is 0.363. The van der Waals surface area contributed by atoms with Crippen molar-refractivity contribution in [2.75, 3.05) is 11.9 Å². The molecule has 0 aliphatic heterocycles. The zero-order chi connectivity index (χ0) is 23.4. The molecule has 4 rings (SSSR count). The van der Waals surface area contributed by atoms with Gasteiger partial charge in [-0.2, -0.15) is 0 Å². The zero-order valence-corrected chi connectivity index (χ0v) is 18.9. The van der Waals surface area contributed by atoms with Crippen LogP contribution in [0.2, 0.25) is 10.0 Å². The minimum atomic E-state index is -0.897. The van der Waals surface area contributed by atoms with E-state index in [0.717, 1.165) is 22.0 Å². The monoisotopic (exact) mass is 482 g/mol. The number of nitrogens with zero attached hydrogens (tertiary/aromatic N) is 1. The third-order valence-corrected chi connectivity index (χ3v) is 5.60. The number of anilines is 1. The number of aromatic nitrogens is 1. The molecule has 1 amide bonds. The molecule has 0 fully saturated rings. The standard InChI is InChI=1S/C25H20Cl2N2O4/c26-18-6-9-22(21(27)11-18)28-24(30)15-33-19-7-8-20-17(10-25(31)32)14-29(23(20)12-19)13-16-4-2-1-3-5-16/h1-9,11-12,14H,10,13,15H2,(H,28,30)(H,31,32). The van der Waals surface area contributed by atoms with Gasteiger partial charge in [0.2, 0.25) is 0 Å². The van der Waals surface area contributed by atoms with Crippen molar-refractivity contribution < 1.29 is 19.4 Å². The summed E-state index contributed by atoms with van der Waals surface area (Å²) in [5.74, 6) is -0.772. The van der Waals surface area contributed by atoms with Crippen molar-refractivity contribution in [1.29, 1.82) is 0 Å². The maximum atomic E-state index is 12.3. The van der Waals surface area contributed by atoms with Crippen LogP contribution in [0.5, 0.6) is 5.75 Å². The highest BCUT2D eigenvalue weighted by Gasteiger charge is 2.14. The van der Waals surface area contributed by atoms with Gasteiger partial charge >= 0.3 is 5.97 Å². The molecule has 6 nitrogen and oxygen atoms in total. The molecule has 0 aliphatic rings. The predicted molar refractivity (Wildman–Crippen MR) is 129 cm³/mol. The molecule has 0 spiro atoms. The largest absolute Gasteiger partial charge is 0.484 e. The van der Waals surface area contributed by atoms with Gasteiger partial charge in [-0.25, -0.2) is 0 Å². The highest BCUT2D eigenvalue weighted by atomic mass is 35.5. The van der Waals surface area contributed by atoms with Crippen LogP contribution in [0.1, 0.15) is 11.1 Å². The summed E-state index contributed by atoms with van der Waals surface area (Å²) in [5.41, 5.74) is 3.07. The fourth-order valence-electron chi connectivity index (χ4n) is 3.58. The first-order valence-electron chi connectivity index (χ1n) is 10.1. The third-order valence-electron chi connectivity index (χ3n) is 5.05. The summed E-state index contributed by atoms with van der Waals surface area (Å²) < 4.78 is 7.69. The van der Waals surface area contributed by atoms with E-state index >= 15 is 0 Å². The van der Waals surface area contributed by atoms with E-state index in [-0.39, 0.29) is 18.9 Å². The van der Waals surface area contributed by atoms with E-state index < -0.39 is 5.97 Å². The molecule has 4 aromatic rings. The van der Waals surface area contributed by atoms with Gasteiger partial charge in [0.25, 0.3) is 5.91 Å². The number of hydrogen-bond acceptors (Lipinski definition) is 3. The van der Waals surface area contributed by atoms with Crippen molar-refractivity contribution in [3.63, 3.8) is 0 Å². The van der Waals surface area contributed by atoms with Gasteiger partial charge < -0.3 is 19.7 Å². The Morgan fingerprint density at radius 2 is 1.79 bits per heavy atom. The van der Waals surface area contributed by atoms with E-state index in [2.05, 4.69) is 5.32 Å². The van der Waals surface area contributed by atoms with Gasteiger partial charge in [0.05, 0.1) is 22.6 Å². The zero-order valence-electron chi connectivity index (χ0n) is 17.4. The fourth-order valence-corrected chi connectivity index (χ4v) is 4.03. The number of ether oxygens (including phenoxy) is 1. The third kappa shape index (κ3) is 5.66. The summed E-state index contributed by atoms with van der Waals surface area (Å²) in [6.07, 6.45) is 1.77. The van der Waals surface area contributed by atoms with Crippen molar-refractivity contribution in [2.45, 2.75) is 13.0 Å². The van der Waals surface area contributed by atoms with E-state index in [1.807, 2.05) is 53.2 Å². The SMILES string of the molecule is O=C(O)Cc1cn(Cc2ccccc2)c2cc(OCC(=O)Nc3ccc(Cl)cc3Cl)ccc12. The lowest BCUT2D eigenvalue weighted by atomic mass is 10.1. The Balaban J connectivity index is 1.53. The Morgan fingerprint density at radius 1 is 1.00 bits per heavy atom. The van der Waals surface area contributed by atoms with Crippen LogP contribution in [-0.2, 0) is 22.6 Å². The van der Waals surface area contributed by atoms with Crippen molar-refractivity contribution in [3.8, 4) is 5.75 Å². The Kier molecular flexibility index (Phi) is 6.87. The van der Waals surface area contributed by atoms with E-state index in [9.17, 15) is 14.7 Å². The predicted octanol–water partition coefficient (Wildman–Crippen LogP) is 5.64. The van der Waals surface area contributed by atoms with Crippen molar-refractivity contribution in [1.82, 2.24) is 4.57 Å². The number of nitrogens with one attached hydrogen (secondary N) is 1. The first kappa shape index (κ1) is 22.7. The minimum absolute atomic E-state index is 0.0806. The molecule has 3 aromatic carbocycles. The quantitative estimate of drug-likeness (QED) is 0.340. The molecule has 0 atom stereocenters. The number of fused-ring (bicyclic) bond motifs is 1. The molecular formula is C25H20Cl2N2O4. The number of carbonyl (C=O) groups excluding carboxylic acids is 1. The summed E-state index contributed by atoms with van der Waals surface area (Å²) in [4.78, 5) is 23.6. The lowest BCUT2D eigenvalue weighted by Crippen LogP contribution is -2.20. The molecule has 8 heteroatoms. The highest BCUT2D eigenvalue weighted by Crippen LogP contribution is 2.28. The van der Waals surface area contributed by atoms with Gasteiger partial charge in [0.15, 0.2) is 6.61 Å². The lowest BCUT2D eigenvalue weighted by Gasteiger charge is -2.10. The van der Waals surface area contributed by atoms with E-state index in [1.54, 1.807) is 24.3 Å². The molecule has 0 unspecified atom stereocenters. The van der Waals surface area contributed by atoms with Gasteiger partial charge in [-0.1, -0.05) is 53.5 Å². The molecule has 33 heavy (non-hydrogen) atoms. The molecule has 1 aromatic heterocycles. The number of aliphatic carboxylic acids is 1. The highest BCUT2D eigenvalue weighted by molar-refractivity contribution is 6.36. The second kappa shape index (κ2) is 9.98. The minimum Gasteiger partial charge on any atom is -0.484 e. The summed E-state index contributed by atoms with van der Waals surface area (Å²) >= 11 is 12.0. The van der Waals surface area contributed by atoms with Gasteiger partial charge in [-0.15, -0.1) is 0 Å². The normalized spacial score (nSPS) is 10.8. The van der Waals surface area contributed by atoms with Crippen LogP contribution in [0.3, 0.4) is 0 Å². The molecule has 1 heterocycles. The number of carboxylic acids is 1. The van der Waals surface area contributed by atoms with Crippen molar-refractivity contribution in [3.05, 3.63) is 94.1 Å². The Labute approximate surface area is 200 Å². The summed E-state index contributed by atoms with van der Waals surface area (Å²) in [5, 5.41) is 13.6. The molecule has 0 aliphatic carbocycles. The van der Waals surface area contributed by atoms with Gasteiger partial charge in [-0.3, -0.25) is 9.59 Å². The van der Waals surface area contributed by atoms with Crippen molar-refractivity contribution >= 4 is 51.7 Å². The van der Waals surface area contributed by atoms with Crippen LogP contribution in [0.4, 0.5) is 5.69 Å². The molecule has 0 saturated carbocycles. The molecule has 0 saturated heterocycles. The van der Waals surface area contributed by atoms with Crippen LogP contribution >= 0.6 is 23.2 Å². The Bertz CT molecular complexity index is 1320. The number of halogens is 2. The molecule has 168 valence electrons. The van der Waals surface area contributed by atoms with Crippen LogP contribution in [0, 0.1) is 0 Å². The first-order valence-corrected chi connectivity index (χ1v) is 10.9. The second-order valence-electron chi connectivity index (χ2n) is 7.48. The molecule has 2 N–H and O–H groups in total. The fraction of sp³-hybridized carbons (Fsp3) is 0.120. The molecule has 0 radical (unpaired) electrons. The Morgan fingerprint density at radius 3 is 2.52 bits per heavy atom. The summed E-state index contributed by atoms with van der Waals surface area (Å²) in [6, 6.07) is 20.0. The van der Waals surface area contributed by atoms with Gasteiger partial charge in [-0.05, 0) is 41.5 Å². The lowest BCUT2D eigenvalue weighted by molar-refractivity contribution is -0.136. The van der Waals surface area contributed by atoms with Crippen LogP contribution in [0.25, 0.3) is 10.9 Å². The molecule has 0 bridgehead atoms. The number of carbonyl (C=O) groups is 2. The Hall–Kier alpha value is -3.48. The average Bonchev–Trinajstić information content (AvgIpc) is 3.10. The van der Waals surface area contributed by atoms with Crippen LogP contribution < -0.4 is 10.1 Å². The second-order valence-corrected chi connectivity index (χ2v) is 8.32. The van der Waals surface area contributed by atoms with Crippen LogP contribution in [0.15, 0.2) is 72.9 Å². The maximum absolute atomic E-state index is 12.3. The number of rotatable bonds is 8. The number of carboxylic acid groups (broad SMARTS) is 1. The van der Waals surface area contributed by atoms with Crippen LogP contribution in [-0.4, -0.2) is 28.2 Å². The average molecular weight is 483 g/mol.